The van der Waals surface area contributed by atoms with Gasteiger partial charge in [0, 0.05) is 15.9 Å². The van der Waals surface area contributed by atoms with Gasteiger partial charge in [0.1, 0.15) is 0 Å². The molecule has 0 fully saturated rings. The van der Waals surface area contributed by atoms with Gasteiger partial charge in [0.25, 0.3) is 4.15 Å². The third-order valence-electron chi connectivity index (χ3n) is 1.88. The molecule has 2 rings (SSSR count). The fraction of sp³-hybridized carbons (Fsp3) is 0. The number of carbonyl (C=O) groups excluding carboxylic acids is 1. The Kier molecular flexibility index (Phi) is 5.83. The van der Waals surface area contributed by atoms with Crippen molar-refractivity contribution in [1.29, 1.82) is 0 Å². The Bertz CT molecular complexity index is 387. The molecule has 16 heavy (non-hydrogen) atoms. The van der Waals surface area contributed by atoms with Crippen LogP contribution in [-0.4, -0.2) is 4.15 Å². The highest BCUT2D eigenvalue weighted by atomic mass is 79.9. The molecule has 0 bridgehead atoms. The van der Waals surface area contributed by atoms with Gasteiger partial charge in [0.2, 0.25) is 0 Å². The van der Waals surface area contributed by atoms with E-state index in [0.29, 0.717) is 0 Å². The first-order valence-electron chi connectivity index (χ1n) is 4.65. The number of hydrogen-bond donors (Lipinski definition) is 0. The zero-order valence-corrected chi connectivity index (χ0v) is 10.8. The summed E-state index contributed by atoms with van der Waals surface area (Å²) in [5, 5.41) is 0. The summed E-state index contributed by atoms with van der Waals surface area (Å²) in [7, 11) is 0. The molecule has 0 saturated heterocycles. The summed E-state index contributed by atoms with van der Waals surface area (Å²) in [5.41, 5.74) is 2.55. The predicted molar refractivity (Wildman–Crippen MR) is 72.1 cm³/mol. The van der Waals surface area contributed by atoms with E-state index in [4.69, 9.17) is 4.79 Å². The summed E-state index contributed by atoms with van der Waals surface area (Å²) in [5.74, 6) is 0. The van der Waals surface area contributed by atoms with Crippen LogP contribution in [0.4, 0.5) is 4.79 Å². The molecule has 0 unspecified atom stereocenters. The van der Waals surface area contributed by atoms with Gasteiger partial charge in [0.15, 0.2) is 0 Å². The van der Waals surface area contributed by atoms with Gasteiger partial charge in [-0.05, 0) is 22.7 Å². The number of rotatable bonds is 1. The van der Waals surface area contributed by atoms with Crippen LogP contribution >= 0.6 is 27.5 Å². The largest absolute Gasteiger partial charge is 0.287 e. The third kappa shape index (κ3) is 5.10. The fourth-order valence-electron chi connectivity index (χ4n) is 1.26. The molecule has 0 N–H and O–H groups in total. The minimum Gasteiger partial charge on any atom is -0.268 e. The molecule has 0 aliphatic carbocycles. The SMILES string of the molecule is O=C(Cl)Br.c1ccc(-c2ccccc2)cc1. The van der Waals surface area contributed by atoms with Crippen LogP contribution in [0.25, 0.3) is 11.1 Å². The van der Waals surface area contributed by atoms with E-state index in [2.05, 4.69) is 76.1 Å². The van der Waals surface area contributed by atoms with Crippen molar-refractivity contribution in [2.75, 3.05) is 0 Å². The molecule has 0 aliphatic rings. The van der Waals surface area contributed by atoms with E-state index in [1.165, 1.54) is 11.1 Å². The second-order valence-corrected chi connectivity index (χ2v) is 4.48. The Morgan fingerprint density at radius 1 is 0.812 bits per heavy atom. The van der Waals surface area contributed by atoms with Crippen molar-refractivity contribution < 1.29 is 4.79 Å². The molecule has 0 saturated carbocycles. The molecule has 0 amide bonds. The molecule has 0 atom stereocenters. The maximum absolute atomic E-state index is 9.13. The van der Waals surface area contributed by atoms with E-state index >= 15 is 0 Å². The Labute approximate surface area is 108 Å². The summed E-state index contributed by atoms with van der Waals surface area (Å²) in [6.45, 7) is 0. The normalized spacial score (nSPS) is 8.88. The quantitative estimate of drug-likeness (QED) is 0.670. The van der Waals surface area contributed by atoms with E-state index < -0.39 is 4.15 Å². The van der Waals surface area contributed by atoms with Crippen molar-refractivity contribution in [2.45, 2.75) is 0 Å². The van der Waals surface area contributed by atoms with Crippen LogP contribution in [0.15, 0.2) is 60.7 Å². The van der Waals surface area contributed by atoms with E-state index in [1.807, 2.05) is 12.1 Å². The maximum atomic E-state index is 9.13. The lowest BCUT2D eigenvalue weighted by atomic mass is 10.1. The minimum absolute atomic E-state index is 0.549. The van der Waals surface area contributed by atoms with E-state index in [1.54, 1.807) is 0 Å². The summed E-state index contributed by atoms with van der Waals surface area (Å²) < 4.78 is -0.549. The van der Waals surface area contributed by atoms with E-state index in [9.17, 15) is 0 Å². The smallest absolute Gasteiger partial charge is 0.268 e. The lowest BCUT2D eigenvalue weighted by Crippen LogP contribution is -1.73. The topological polar surface area (TPSA) is 17.1 Å². The third-order valence-corrected chi connectivity index (χ3v) is 1.88. The Morgan fingerprint density at radius 2 is 1.06 bits per heavy atom. The van der Waals surface area contributed by atoms with Crippen molar-refractivity contribution in [1.82, 2.24) is 0 Å². The van der Waals surface area contributed by atoms with E-state index in [-0.39, 0.29) is 0 Å². The summed E-state index contributed by atoms with van der Waals surface area (Å²) in [4.78, 5) is 9.13. The number of halogens is 2. The molecule has 0 aliphatic heterocycles. The Morgan fingerprint density at radius 3 is 1.31 bits per heavy atom. The first-order chi connectivity index (χ1) is 7.70. The predicted octanol–water partition coefficient (Wildman–Crippen LogP) is 5.09. The molecule has 0 heterocycles. The van der Waals surface area contributed by atoms with Gasteiger partial charge in [-0.2, -0.15) is 0 Å². The maximum Gasteiger partial charge on any atom is 0.287 e. The van der Waals surface area contributed by atoms with Gasteiger partial charge in [0.05, 0.1) is 0 Å². The molecule has 0 spiro atoms. The molecule has 0 aromatic heterocycles. The lowest BCUT2D eigenvalue weighted by Gasteiger charge is -1.98. The molecule has 1 nitrogen and oxygen atoms in total. The van der Waals surface area contributed by atoms with Crippen LogP contribution < -0.4 is 0 Å². The van der Waals surface area contributed by atoms with Gasteiger partial charge >= 0.3 is 0 Å². The average Bonchev–Trinajstić information content (AvgIpc) is 2.31. The molecule has 2 aromatic rings. The van der Waals surface area contributed by atoms with Crippen molar-refractivity contribution in [3.63, 3.8) is 0 Å². The number of benzene rings is 2. The van der Waals surface area contributed by atoms with Crippen LogP contribution in [0, 0.1) is 0 Å². The van der Waals surface area contributed by atoms with Crippen molar-refractivity contribution in [3.05, 3.63) is 60.7 Å². The highest BCUT2D eigenvalue weighted by Crippen LogP contribution is 2.17. The van der Waals surface area contributed by atoms with Crippen LogP contribution in [0.1, 0.15) is 0 Å². The van der Waals surface area contributed by atoms with Crippen LogP contribution in [0.3, 0.4) is 0 Å². The zero-order chi connectivity index (χ0) is 11.8. The van der Waals surface area contributed by atoms with Crippen LogP contribution in [0.2, 0.25) is 0 Å². The van der Waals surface area contributed by atoms with Crippen molar-refractivity contribution >= 4 is 31.7 Å². The Hall–Kier alpha value is -1.12. The van der Waals surface area contributed by atoms with Gasteiger partial charge in [-0.25, -0.2) is 0 Å². The van der Waals surface area contributed by atoms with Crippen LogP contribution in [-0.2, 0) is 0 Å². The molecular formula is C13H10BrClO. The Balaban J connectivity index is 0.000000280. The molecule has 3 heteroatoms. The van der Waals surface area contributed by atoms with Crippen molar-refractivity contribution in [2.24, 2.45) is 0 Å². The first-order valence-corrected chi connectivity index (χ1v) is 5.82. The number of carbonyl (C=O) groups is 1. The van der Waals surface area contributed by atoms with Gasteiger partial charge in [-0.3, -0.25) is 4.79 Å². The number of hydrogen-bond acceptors (Lipinski definition) is 1. The van der Waals surface area contributed by atoms with Gasteiger partial charge < -0.3 is 0 Å². The van der Waals surface area contributed by atoms with Gasteiger partial charge in [-0.1, -0.05) is 60.7 Å². The molecule has 2 aromatic carbocycles. The summed E-state index contributed by atoms with van der Waals surface area (Å²) in [6, 6.07) is 20.8. The molecular weight excluding hydrogens is 287 g/mol. The molecule has 0 radical (unpaired) electrons. The summed E-state index contributed by atoms with van der Waals surface area (Å²) in [6.07, 6.45) is 0. The highest BCUT2D eigenvalue weighted by molar-refractivity contribution is 9.19. The van der Waals surface area contributed by atoms with E-state index in [0.717, 1.165) is 0 Å². The first kappa shape index (κ1) is 12.9. The molecule has 82 valence electrons. The standard InChI is InChI=1S/C12H10.CBrClO/c1-3-7-11(8-4-1)12-9-5-2-6-10-12;2-1(3)4/h1-10H;. The van der Waals surface area contributed by atoms with Gasteiger partial charge in [-0.15, -0.1) is 0 Å². The van der Waals surface area contributed by atoms with Crippen LogP contribution in [0.5, 0.6) is 0 Å². The zero-order valence-electron chi connectivity index (χ0n) is 8.44. The minimum atomic E-state index is -0.549. The second kappa shape index (κ2) is 7.20. The fourth-order valence-corrected chi connectivity index (χ4v) is 1.26. The second-order valence-electron chi connectivity index (χ2n) is 2.96. The van der Waals surface area contributed by atoms with Crippen molar-refractivity contribution in [3.8, 4) is 11.1 Å². The monoisotopic (exact) mass is 296 g/mol. The average molecular weight is 298 g/mol. The summed E-state index contributed by atoms with van der Waals surface area (Å²) >= 11 is 6.95. The lowest BCUT2D eigenvalue weighted by molar-refractivity contribution is 0.276. The highest BCUT2D eigenvalue weighted by Gasteiger charge is 1.91.